The lowest BCUT2D eigenvalue weighted by Crippen LogP contribution is -2.45. The number of nitrogens with zero attached hydrogens (tertiary/aromatic N) is 1. The van der Waals surface area contributed by atoms with Crippen LogP contribution < -0.4 is 9.47 Å². The maximum atomic E-state index is 13.4. The van der Waals surface area contributed by atoms with Crippen molar-refractivity contribution in [3.8, 4) is 11.5 Å². The lowest BCUT2D eigenvalue weighted by molar-refractivity contribution is 0.0590. The van der Waals surface area contributed by atoms with Crippen molar-refractivity contribution in [3.63, 3.8) is 0 Å². The predicted octanol–water partition coefficient (Wildman–Crippen LogP) is 2.57. The van der Waals surface area contributed by atoms with Crippen molar-refractivity contribution in [1.82, 2.24) is 4.90 Å². The molecule has 0 radical (unpaired) electrons. The monoisotopic (exact) mass is 425 g/mol. The predicted molar refractivity (Wildman–Crippen MR) is 110 cm³/mol. The van der Waals surface area contributed by atoms with Crippen LogP contribution in [-0.4, -0.2) is 57.7 Å². The van der Waals surface area contributed by atoms with E-state index in [9.17, 15) is 14.4 Å². The number of ether oxygens (including phenoxy) is 4. The Kier molecular flexibility index (Phi) is 5.31. The van der Waals surface area contributed by atoms with E-state index in [0.29, 0.717) is 42.0 Å². The van der Waals surface area contributed by atoms with Crippen LogP contribution in [0.1, 0.15) is 53.8 Å². The Hall–Kier alpha value is -3.55. The van der Waals surface area contributed by atoms with Crippen molar-refractivity contribution < 1.29 is 33.3 Å². The molecule has 0 aliphatic carbocycles. The van der Waals surface area contributed by atoms with Crippen LogP contribution >= 0.6 is 0 Å². The van der Waals surface area contributed by atoms with Crippen LogP contribution in [0.2, 0.25) is 0 Å². The number of rotatable bonds is 4. The third kappa shape index (κ3) is 3.28. The second kappa shape index (κ2) is 7.94. The number of amides is 1. The topological polar surface area (TPSA) is 91.4 Å². The first-order valence-electron chi connectivity index (χ1n) is 9.82. The Bertz CT molecular complexity index is 1090. The van der Waals surface area contributed by atoms with Crippen LogP contribution in [-0.2, 0) is 22.3 Å². The smallest absolute Gasteiger partial charge is 0.338 e. The first-order chi connectivity index (χ1) is 14.9. The zero-order chi connectivity index (χ0) is 22.3. The summed E-state index contributed by atoms with van der Waals surface area (Å²) in [7, 11) is 5.67. The maximum Gasteiger partial charge on any atom is 0.338 e. The summed E-state index contributed by atoms with van der Waals surface area (Å²) in [5.41, 5.74) is 3.24. The minimum atomic E-state index is -0.622. The van der Waals surface area contributed by atoms with Crippen LogP contribution in [0.15, 0.2) is 24.3 Å². The van der Waals surface area contributed by atoms with Gasteiger partial charge in [0.15, 0.2) is 11.5 Å². The van der Waals surface area contributed by atoms with E-state index < -0.39 is 11.9 Å². The number of esters is 2. The average molecular weight is 425 g/mol. The third-order valence-electron chi connectivity index (χ3n) is 5.97. The van der Waals surface area contributed by atoms with E-state index in [0.717, 1.165) is 11.1 Å². The fourth-order valence-corrected chi connectivity index (χ4v) is 4.45. The number of hydrogen-bond donors (Lipinski definition) is 0. The van der Waals surface area contributed by atoms with Gasteiger partial charge in [0.2, 0.25) is 0 Å². The molecule has 0 saturated heterocycles. The van der Waals surface area contributed by atoms with E-state index in [1.165, 1.54) is 26.4 Å². The van der Waals surface area contributed by atoms with Gasteiger partial charge in [0.25, 0.3) is 5.91 Å². The molecule has 4 rings (SSSR count). The summed E-state index contributed by atoms with van der Waals surface area (Å²) < 4.78 is 20.6. The van der Waals surface area contributed by atoms with Crippen LogP contribution in [0.5, 0.6) is 11.5 Å². The van der Waals surface area contributed by atoms with Gasteiger partial charge in [0, 0.05) is 12.1 Å². The highest BCUT2D eigenvalue weighted by Gasteiger charge is 2.40. The van der Waals surface area contributed by atoms with Crippen LogP contribution in [0.3, 0.4) is 0 Å². The van der Waals surface area contributed by atoms with Crippen LogP contribution in [0.25, 0.3) is 0 Å². The number of hydrogen-bond acceptors (Lipinski definition) is 7. The summed E-state index contributed by atoms with van der Waals surface area (Å²) in [5.74, 6) is -0.247. The summed E-state index contributed by atoms with van der Waals surface area (Å²) in [6.45, 7) is 0.515. The standard InChI is InChI=1S/C23H23NO7/c1-28-19-9-12-5-6-24-18(14(12)11-20(19)29-2)10-15-16(21(24)25)7-13(22(26)30-3)8-17(15)23(27)31-4/h7-9,11,18H,5-6,10H2,1-4H3. The van der Waals surface area contributed by atoms with E-state index >= 15 is 0 Å². The second-order valence-corrected chi connectivity index (χ2v) is 7.41. The quantitative estimate of drug-likeness (QED) is 0.696. The highest BCUT2D eigenvalue weighted by molar-refractivity contribution is 6.05. The fourth-order valence-electron chi connectivity index (χ4n) is 4.45. The van der Waals surface area contributed by atoms with Gasteiger partial charge in [-0.2, -0.15) is 0 Å². The number of carbonyl (C=O) groups excluding carboxylic acids is 3. The van der Waals surface area contributed by atoms with Gasteiger partial charge >= 0.3 is 11.9 Å². The Labute approximate surface area is 179 Å². The Morgan fingerprint density at radius 2 is 1.61 bits per heavy atom. The molecule has 0 fully saturated rings. The summed E-state index contributed by atoms with van der Waals surface area (Å²) in [4.78, 5) is 39.8. The first-order valence-corrected chi connectivity index (χ1v) is 9.82. The minimum absolute atomic E-state index is 0.136. The molecule has 2 aromatic rings. The Balaban J connectivity index is 1.87. The van der Waals surface area contributed by atoms with E-state index in [4.69, 9.17) is 18.9 Å². The zero-order valence-electron chi connectivity index (χ0n) is 17.8. The van der Waals surface area contributed by atoms with Gasteiger partial charge in [-0.15, -0.1) is 0 Å². The second-order valence-electron chi connectivity index (χ2n) is 7.41. The normalized spacial score (nSPS) is 16.6. The van der Waals surface area contributed by atoms with Gasteiger partial charge in [0.1, 0.15) is 0 Å². The van der Waals surface area contributed by atoms with Crippen molar-refractivity contribution in [1.29, 1.82) is 0 Å². The molecule has 8 nitrogen and oxygen atoms in total. The summed E-state index contributed by atoms with van der Waals surface area (Å²) in [5, 5.41) is 0. The van der Waals surface area contributed by atoms with Gasteiger partial charge in [0.05, 0.1) is 45.6 Å². The van der Waals surface area contributed by atoms with E-state index in [1.807, 2.05) is 12.1 Å². The molecule has 2 aliphatic rings. The number of benzene rings is 2. The molecule has 0 N–H and O–H groups in total. The molecular formula is C23H23NO7. The van der Waals surface area contributed by atoms with E-state index in [2.05, 4.69) is 0 Å². The molecule has 1 amide bonds. The molecule has 31 heavy (non-hydrogen) atoms. The molecule has 0 spiro atoms. The molecule has 1 atom stereocenters. The molecule has 2 heterocycles. The van der Waals surface area contributed by atoms with Crippen molar-refractivity contribution in [2.75, 3.05) is 35.0 Å². The Morgan fingerprint density at radius 1 is 0.935 bits per heavy atom. The fraction of sp³-hybridized carbons (Fsp3) is 0.348. The molecule has 2 aromatic carbocycles. The number of fused-ring (bicyclic) bond motifs is 4. The Morgan fingerprint density at radius 3 is 2.26 bits per heavy atom. The molecule has 0 aromatic heterocycles. The van der Waals surface area contributed by atoms with Gasteiger partial charge in [-0.25, -0.2) is 9.59 Å². The number of carbonyl (C=O) groups is 3. The zero-order valence-corrected chi connectivity index (χ0v) is 17.8. The van der Waals surface area contributed by atoms with Gasteiger partial charge in [-0.05, 0) is 53.8 Å². The lowest BCUT2D eigenvalue weighted by Gasteiger charge is -2.42. The summed E-state index contributed by atoms with van der Waals surface area (Å²) >= 11 is 0. The molecule has 8 heteroatoms. The van der Waals surface area contributed by atoms with Crippen LogP contribution in [0, 0.1) is 0 Å². The highest BCUT2D eigenvalue weighted by atomic mass is 16.5. The van der Waals surface area contributed by atoms with Gasteiger partial charge < -0.3 is 23.8 Å². The maximum absolute atomic E-state index is 13.4. The average Bonchev–Trinajstić information content (AvgIpc) is 2.81. The van der Waals surface area contributed by atoms with Crippen molar-refractivity contribution in [2.45, 2.75) is 18.9 Å². The van der Waals surface area contributed by atoms with E-state index in [-0.39, 0.29) is 23.1 Å². The summed E-state index contributed by atoms with van der Waals surface area (Å²) in [6, 6.07) is 6.49. The minimum Gasteiger partial charge on any atom is -0.493 e. The molecule has 1 unspecified atom stereocenters. The highest BCUT2D eigenvalue weighted by Crippen LogP contribution is 2.43. The lowest BCUT2D eigenvalue weighted by atomic mass is 9.81. The van der Waals surface area contributed by atoms with Crippen molar-refractivity contribution in [3.05, 3.63) is 57.6 Å². The largest absolute Gasteiger partial charge is 0.493 e. The van der Waals surface area contributed by atoms with Gasteiger partial charge in [-0.3, -0.25) is 4.79 Å². The SMILES string of the molecule is COC(=O)c1cc(C(=O)OC)c2c(c1)C(=O)N1CCc3cc(OC)c(OC)cc3C1C2. The first kappa shape index (κ1) is 20.7. The van der Waals surface area contributed by atoms with Crippen molar-refractivity contribution >= 4 is 17.8 Å². The third-order valence-corrected chi connectivity index (χ3v) is 5.97. The summed E-state index contributed by atoms with van der Waals surface area (Å²) in [6.07, 6.45) is 1.07. The molecule has 2 aliphatic heterocycles. The molecule has 162 valence electrons. The molecule has 0 bridgehead atoms. The molecular weight excluding hydrogens is 402 g/mol. The van der Waals surface area contributed by atoms with E-state index in [1.54, 1.807) is 19.1 Å². The van der Waals surface area contributed by atoms with Gasteiger partial charge in [-0.1, -0.05) is 0 Å². The van der Waals surface area contributed by atoms with Crippen molar-refractivity contribution in [2.24, 2.45) is 0 Å². The number of methoxy groups -OCH3 is 4. The van der Waals surface area contributed by atoms with Crippen LogP contribution in [0.4, 0.5) is 0 Å². The molecule has 0 saturated carbocycles.